The number of nitrogens with two attached hydrogens (primary N) is 1. The standard InChI is InChI=1S/C11H12BrNO/c12-8-4-7-2-1-3-9(7)10(5-8)11(14)6-13/h4-5H,1-3,6,13H2. The lowest BCUT2D eigenvalue weighted by atomic mass is 10.0. The molecule has 2 N–H and O–H groups in total. The number of carbonyl (C=O) groups excluding carboxylic acids is 1. The molecule has 0 unspecified atom stereocenters. The Bertz CT molecular complexity index is 387. The van der Waals surface area contributed by atoms with Gasteiger partial charge in [0.1, 0.15) is 0 Å². The van der Waals surface area contributed by atoms with Gasteiger partial charge in [0.15, 0.2) is 5.78 Å². The third kappa shape index (κ3) is 1.62. The monoisotopic (exact) mass is 253 g/mol. The second-order valence-electron chi connectivity index (χ2n) is 3.57. The predicted octanol–water partition coefficient (Wildman–Crippen LogP) is 2.08. The first kappa shape index (κ1) is 9.87. The first-order valence-electron chi connectivity index (χ1n) is 4.77. The number of fused-ring (bicyclic) bond motifs is 1. The first-order valence-corrected chi connectivity index (χ1v) is 5.56. The number of aryl methyl sites for hydroxylation is 1. The van der Waals surface area contributed by atoms with Crippen LogP contribution in [-0.4, -0.2) is 12.3 Å². The van der Waals surface area contributed by atoms with Crippen LogP contribution in [0.3, 0.4) is 0 Å². The van der Waals surface area contributed by atoms with E-state index in [0.29, 0.717) is 0 Å². The van der Waals surface area contributed by atoms with Gasteiger partial charge >= 0.3 is 0 Å². The summed E-state index contributed by atoms with van der Waals surface area (Å²) in [6.07, 6.45) is 3.25. The predicted molar refractivity (Wildman–Crippen MR) is 59.6 cm³/mol. The SMILES string of the molecule is NCC(=O)c1cc(Br)cc2c1CCC2. The van der Waals surface area contributed by atoms with Crippen LogP contribution in [0.1, 0.15) is 27.9 Å². The molecule has 1 aliphatic carbocycles. The van der Waals surface area contributed by atoms with Gasteiger partial charge < -0.3 is 5.73 Å². The molecule has 74 valence electrons. The van der Waals surface area contributed by atoms with Crippen molar-refractivity contribution < 1.29 is 4.79 Å². The number of benzene rings is 1. The smallest absolute Gasteiger partial charge is 0.176 e. The van der Waals surface area contributed by atoms with E-state index in [-0.39, 0.29) is 12.3 Å². The van der Waals surface area contributed by atoms with Gasteiger partial charge in [0.25, 0.3) is 0 Å². The third-order valence-corrected chi connectivity index (χ3v) is 3.12. The van der Waals surface area contributed by atoms with E-state index in [4.69, 9.17) is 5.73 Å². The second kappa shape index (κ2) is 3.83. The number of rotatable bonds is 2. The fourth-order valence-corrected chi connectivity index (χ4v) is 2.53. The summed E-state index contributed by atoms with van der Waals surface area (Å²) in [4.78, 5) is 11.6. The van der Waals surface area contributed by atoms with Crippen molar-refractivity contribution in [2.45, 2.75) is 19.3 Å². The van der Waals surface area contributed by atoms with Gasteiger partial charge in [0.05, 0.1) is 6.54 Å². The quantitative estimate of drug-likeness (QED) is 0.821. The van der Waals surface area contributed by atoms with Crippen LogP contribution in [0, 0.1) is 0 Å². The Morgan fingerprint density at radius 1 is 1.43 bits per heavy atom. The molecule has 0 bridgehead atoms. The highest BCUT2D eigenvalue weighted by Crippen LogP contribution is 2.29. The van der Waals surface area contributed by atoms with Gasteiger partial charge in [-0.25, -0.2) is 0 Å². The lowest BCUT2D eigenvalue weighted by molar-refractivity contribution is 0.100. The number of hydrogen-bond acceptors (Lipinski definition) is 2. The second-order valence-corrected chi connectivity index (χ2v) is 4.49. The van der Waals surface area contributed by atoms with Crippen molar-refractivity contribution >= 4 is 21.7 Å². The molecule has 0 aliphatic heterocycles. The Hall–Kier alpha value is -0.670. The zero-order valence-corrected chi connectivity index (χ0v) is 9.43. The van der Waals surface area contributed by atoms with Crippen molar-refractivity contribution in [2.75, 3.05) is 6.54 Å². The van der Waals surface area contributed by atoms with Crippen molar-refractivity contribution in [3.63, 3.8) is 0 Å². The average Bonchev–Trinajstić information content (AvgIpc) is 2.62. The lowest BCUT2D eigenvalue weighted by Crippen LogP contribution is -2.15. The maximum atomic E-state index is 11.6. The fourth-order valence-electron chi connectivity index (χ4n) is 2.03. The minimum Gasteiger partial charge on any atom is -0.324 e. The molecule has 0 saturated heterocycles. The maximum Gasteiger partial charge on any atom is 0.176 e. The van der Waals surface area contributed by atoms with Crippen molar-refractivity contribution in [3.8, 4) is 0 Å². The van der Waals surface area contributed by atoms with Gasteiger partial charge in [-0.3, -0.25) is 4.79 Å². The molecule has 2 nitrogen and oxygen atoms in total. The van der Waals surface area contributed by atoms with Crippen LogP contribution in [0.25, 0.3) is 0 Å². The van der Waals surface area contributed by atoms with Gasteiger partial charge in [-0.05, 0) is 42.5 Å². The molecule has 0 saturated carbocycles. The van der Waals surface area contributed by atoms with Crippen molar-refractivity contribution in [1.29, 1.82) is 0 Å². The number of ketones is 1. The number of carbonyl (C=O) groups is 1. The normalized spacial score (nSPS) is 14.1. The molecule has 1 aliphatic rings. The van der Waals surface area contributed by atoms with Crippen molar-refractivity contribution in [3.05, 3.63) is 33.3 Å². The highest BCUT2D eigenvalue weighted by Gasteiger charge is 2.18. The van der Waals surface area contributed by atoms with Crippen LogP contribution in [0.4, 0.5) is 0 Å². The molecule has 0 atom stereocenters. The minimum absolute atomic E-state index is 0.0458. The summed E-state index contributed by atoms with van der Waals surface area (Å²) >= 11 is 3.42. The minimum atomic E-state index is 0.0458. The summed E-state index contributed by atoms with van der Waals surface area (Å²) < 4.78 is 0.981. The molecule has 0 spiro atoms. The summed E-state index contributed by atoms with van der Waals surface area (Å²) in [6, 6.07) is 4.00. The van der Waals surface area contributed by atoms with Gasteiger partial charge in [-0.2, -0.15) is 0 Å². The fraction of sp³-hybridized carbons (Fsp3) is 0.364. The van der Waals surface area contributed by atoms with E-state index < -0.39 is 0 Å². The van der Waals surface area contributed by atoms with Crippen LogP contribution in [0.5, 0.6) is 0 Å². The van der Waals surface area contributed by atoms with E-state index in [1.807, 2.05) is 6.07 Å². The summed E-state index contributed by atoms with van der Waals surface area (Å²) in [6.45, 7) is 0.100. The van der Waals surface area contributed by atoms with Gasteiger partial charge in [0, 0.05) is 10.0 Å². The Morgan fingerprint density at radius 3 is 2.93 bits per heavy atom. The Balaban J connectivity index is 2.54. The van der Waals surface area contributed by atoms with E-state index in [9.17, 15) is 4.79 Å². The van der Waals surface area contributed by atoms with Crippen molar-refractivity contribution in [2.24, 2.45) is 5.73 Å². The molecular formula is C11H12BrNO. The van der Waals surface area contributed by atoms with Gasteiger partial charge in [-0.15, -0.1) is 0 Å². The van der Waals surface area contributed by atoms with Crippen LogP contribution in [-0.2, 0) is 12.8 Å². The Morgan fingerprint density at radius 2 is 2.21 bits per heavy atom. The molecule has 14 heavy (non-hydrogen) atoms. The topological polar surface area (TPSA) is 43.1 Å². The molecule has 0 heterocycles. The lowest BCUT2D eigenvalue weighted by Gasteiger charge is -2.07. The zero-order chi connectivity index (χ0) is 10.1. The molecule has 0 amide bonds. The van der Waals surface area contributed by atoms with Crippen LogP contribution in [0.2, 0.25) is 0 Å². The van der Waals surface area contributed by atoms with Crippen LogP contribution >= 0.6 is 15.9 Å². The van der Waals surface area contributed by atoms with Crippen LogP contribution < -0.4 is 5.73 Å². The molecule has 0 aromatic heterocycles. The molecule has 3 heteroatoms. The summed E-state index contributed by atoms with van der Waals surface area (Å²) in [5, 5.41) is 0. The molecule has 1 aromatic carbocycles. The van der Waals surface area contributed by atoms with E-state index in [1.165, 1.54) is 11.1 Å². The highest BCUT2D eigenvalue weighted by atomic mass is 79.9. The largest absolute Gasteiger partial charge is 0.324 e. The van der Waals surface area contributed by atoms with Gasteiger partial charge in [0.2, 0.25) is 0 Å². The molecular weight excluding hydrogens is 242 g/mol. The Labute approximate surface area is 91.6 Å². The number of hydrogen-bond donors (Lipinski definition) is 1. The van der Waals surface area contributed by atoms with Gasteiger partial charge in [-0.1, -0.05) is 15.9 Å². The maximum absolute atomic E-state index is 11.6. The van der Waals surface area contributed by atoms with Crippen LogP contribution in [0.15, 0.2) is 16.6 Å². The zero-order valence-electron chi connectivity index (χ0n) is 7.85. The third-order valence-electron chi connectivity index (χ3n) is 2.67. The van der Waals surface area contributed by atoms with Crippen molar-refractivity contribution in [1.82, 2.24) is 0 Å². The highest BCUT2D eigenvalue weighted by molar-refractivity contribution is 9.10. The molecule has 0 radical (unpaired) electrons. The number of Topliss-reactive ketones (excluding diaryl/α,β-unsaturated/α-hetero) is 1. The summed E-state index contributed by atoms with van der Waals surface area (Å²) in [5.74, 6) is 0.0458. The first-order chi connectivity index (χ1) is 6.72. The van der Waals surface area contributed by atoms with E-state index >= 15 is 0 Å². The summed E-state index contributed by atoms with van der Waals surface area (Å²) in [5.41, 5.74) is 8.71. The Kier molecular flexibility index (Phi) is 2.70. The molecule has 1 aromatic rings. The van der Waals surface area contributed by atoms with E-state index in [2.05, 4.69) is 22.0 Å². The molecule has 2 rings (SSSR count). The average molecular weight is 254 g/mol. The summed E-state index contributed by atoms with van der Waals surface area (Å²) in [7, 11) is 0. The van der Waals surface area contributed by atoms with E-state index in [0.717, 1.165) is 29.3 Å². The van der Waals surface area contributed by atoms with E-state index in [1.54, 1.807) is 0 Å². The number of halogens is 1. The molecule has 0 fully saturated rings.